The minimum Gasteiger partial charge on any atom is -0.508 e. The number of carbonyl (C=O) groups is 1. The number of imidazole rings is 1. The molecular weight excluding hydrogens is 330 g/mol. The lowest BCUT2D eigenvalue weighted by Crippen LogP contribution is -2.27. The molecule has 26 heavy (non-hydrogen) atoms. The number of carbonyl (C=O) groups excluding carboxylic acids is 1. The first-order valence-electron chi connectivity index (χ1n) is 8.31. The molecule has 0 aliphatic rings. The highest BCUT2D eigenvalue weighted by atomic mass is 16.5. The predicted molar refractivity (Wildman–Crippen MR) is 99.6 cm³/mol. The van der Waals surface area contributed by atoms with E-state index in [1.54, 1.807) is 37.6 Å². The van der Waals surface area contributed by atoms with Crippen molar-refractivity contribution >= 4 is 5.91 Å². The molecule has 0 atom stereocenters. The smallest absolute Gasteiger partial charge is 0.251 e. The summed E-state index contributed by atoms with van der Waals surface area (Å²) in [5.41, 5.74) is 3.29. The van der Waals surface area contributed by atoms with Crippen molar-refractivity contribution in [1.82, 2.24) is 14.9 Å². The predicted octanol–water partition coefficient (Wildman–Crippen LogP) is 2.93. The van der Waals surface area contributed by atoms with Crippen molar-refractivity contribution in [3.8, 4) is 22.8 Å². The van der Waals surface area contributed by atoms with Crippen LogP contribution < -0.4 is 5.32 Å². The van der Waals surface area contributed by atoms with Gasteiger partial charge in [0.05, 0.1) is 12.3 Å². The van der Waals surface area contributed by atoms with Gasteiger partial charge in [0.2, 0.25) is 0 Å². The molecule has 6 nitrogen and oxygen atoms in total. The summed E-state index contributed by atoms with van der Waals surface area (Å²) in [6.45, 7) is 2.90. The normalized spacial score (nSPS) is 10.7. The van der Waals surface area contributed by atoms with Crippen LogP contribution in [-0.4, -0.2) is 40.8 Å². The van der Waals surface area contributed by atoms with Crippen LogP contribution >= 0.6 is 0 Å². The number of hydrogen-bond donors (Lipinski definition) is 2. The van der Waals surface area contributed by atoms with E-state index >= 15 is 0 Å². The highest BCUT2D eigenvalue weighted by molar-refractivity contribution is 5.94. The number of methoxy groups -OCH3 is 1. The first kappa shape index (κ1) is 17.7. The quantitative estimate of drug-likeness (QED) is 0.670. The van der Waals surface area contributed by atoms with Gasteiger partial charge in [-0.2, -0.15) is 0 Å². The first-order chi connectivity index (χ1) is 12.6. The van der Waals surface area contributed by atoms with Crippen molar-refractivity contribution in [2.24, 2.45) is 0 Å². The Morgan fingerprint density at radius 2 is 2.12 bits per heavy atom. The standard InChI is InChI=1S/C20H21N3O3/c1-14-12-16(20(25)22-9-11-26-2)6-7-18(14)23-10-8-21-19(23)15-4-3-5-17(24)13-15/h3-8,10,12-13,24H,9,11H2,1-2H3,(H,22,25). The molecule has 6 heteroatoms. The number of hydrogen-bond acceptors (Lipinski definition) is 4. The van der Waals surface area contributed by atoms with E-state index in [0.29, 0.717) is 18.7 Å². The van der Waals surface area contributed by atoms with Gasteiger partial charge in [0.1, 0.15) is 11.6 Å². The molecule has 0 unspecified atom stereocenters. The zero-order valence-electron chi connectivity index (χ0n) is 14.8. The summed E-state index contributed by atoms with van der Waals surface area (Å²) >= 11 is 0. The third-order valence-electron chi connectivity index (χ3n) is 4.06. The van der Waals surface area contributed by atoms with Crippen molar-refractivity contribution in [2.45, 2.75) is 6.92 Å². The van der Waals surface area contributed by atoms with Gasteiger partial charge in [0.15, 0.2) is 0 Å². The van der Waals surface area contributed by atoms with E-state index in [-0.39, 0.29) is 11.7 Å². The van der Waals surface area contributed by atoms with Crippen LogP contribution in [0.25, 0.3) is 17.1 Å². The molecule has 1 heterocycles. The lowest BCUT2D eigenvalue weighted by atomic mass is 10.1. The summed E-state index contributed by atoms with van der Waals surface area (Å²) < 4.78 is 6.88. The average molecular weight is 351 g/mol. The zero-order valence-corrected chi connectivity index (χ0v) is 14.8. The fourth-order valence-electron chi connectivity index (χ4n) is 2.79. The second-order valence-electron chi connectivity index (χ2n) is 5.92. The van der Waals surface area contributed by atoms with Crippen LogP contribution in [0.3, 0.4) is 0 Å². The monoisotopic (exact) mass is 351 g/mol. The summed E-state index contributed by atoms with van der Waals surface area (Å²) in [4.78, 5) is 16.6. The number of rotatable bonds is 6. The van der Waals surface area contributed by atoms with Crippen molar-refractivity contribution in [3.63, 3.8) is 0 Å². The lowest BCUT2D eigenvalue weighted by molar-refractivity contribution is 0.0937. The number of phenols is 1. The summed E-state index contributed by atoms with van der Waals surface area (Å²) in [6, 6.07) is 12.5. The van der Waals surface area contributed by atoms with Crippen molar-refractivity contribution in [1.29, 1.82) is 0 Å². The Morgan fingerprint density at radius 1 is 1.27 bits per heavy atom. The van der Waals surface area contributed by atoms with Crippen LogP contribution in [0.2, 0.25) is 0 Å². The zero-order chi connectivity index (χ0) is 18.5. The molecule has 1 aromatic heterocycles. The fraction of sp³-hybridized carbons (Fsp3) is 0.200. The molecule has 3 rings (SSSR count). The van der Waals surface area contributed by atoms with E-state index in [2.05, 4.69) is 10.3 Å². The van der Waals surface area contributed by atoms with E-state index in [1.807, 2.05) is 35.9 Å². The van der Waals surface area contributed by atoms with Gasteiger partial charge in [0, 0.05) is 37.2 Å². The summed E-state index contributed by atoms with van der Waals surface area (Å²) in [5, 5.41) is 12.5. The van der Waals surface area contributed by atoms with Crippen LogP contribution in [0.4, 0.5) is 0 Å². The van der Waals surface area contributed by atoms with Gasteiger partial charge in [-0.3, -0.25) is 9.36 Å². The molecule has 2 aromatic carbocycles. The number of nitrogens with zero attached hydrogens (tertiary/aromatic N) is 2. The largest absolute Gasteiger partial charge is 0.508 e. The van der Waals surface area contributed by atoms with Crippen LogP contribution in [0.15, 0.2) is 54.9 Å². The van der Waals surface area contributed by atoms with Gasteiger partial charge in [-0.15, -0.1) is 0 Å². The maximum atomic E-state index is 12.2. The van der Waals surface area contributed by atoms with E-state index in [9.17, 15) is 9.90 Å². The van der Waals surface area contributed by atoms with Gasteiger partial charge < -0.3 is 15.2 Å². The van der Waals surface area contributed by atoms with Gasteiger partial charge in [0.25, 0.3) is 5.91 Å². The molecule has 3 aromatic rings. The molecule has 0 aliphatic carbocycles. The second kappa shape index (κ2) is 7.84. The molecule has 0 aliphatic heterocycles. The highest BCUT2D eigenvalue weighted by Crippen LogP contribution is 2.26. The van der Waals surface area contributed by atoms with Crippen LogP contribution in [0, 0.1) is 6.92 Å². The SMILES string of the molecule is COCCNC(=O)c1ccc(-n2ccnc2-c2cccc(O)c2)c(C)c1. The van der Waals surface area contributed by atoms with Crippen molar-refractivity contribution in [3.05, 3.63) is 66.0 Å². The Labute approximate surface area is 152 Å². The highest BCUT2D eigenvalue weighted by Gasteiger charge is 2.12. The molecule has 0 saturated heterocycles. The molecule has 134 valence electrons. The number of nitrogens with one attached hydrogen (secondary N) is 1. The number of aryl methyl sites for hydroxylation is 1. The Hall–Kier alpha value is -3.12. The topological polar surface area (TPSA) is 76.4 Å². The Kier molecular flexibility index (Phi) is 5.34. The van der Waals surface area contributed by atoms with Crippen LogP contribution in [0.1, 0.15) is 15.9 Å². The Morgan fingerprint density at radius 3 is 2.85 bits per heavy atom. The maximum Gasteiger partial charge on any atom is 0.251 e. The Bertz CT molecular complexity index is 918. The molecule has 0 fully saturated rings. The third kappa shape index (κ3) is 3.75. The molecule has 0 bridgehead atoms. The van der Waals surface area contributed by atoms with Gasteiger partial charge >= 0.3 is 0 Å². The minimum absolute atomic E-state index is 0.129. The van der Waals surface area contributed by atoms with E-state index in [4.69, 9.17) is 4.74 Å². The number of aromatic nitrogens is 2. The molecule has 2 N–H and O–H groups in total. The summed E-state index contributed by atoms with van der Waals surface area (Å²) in [5.74, 6) is 0.786. The lowest BCUT2D eigenvalue weighted by Gasteiger charge is -2.13. The van der Waals surface area contributed by atoms with Gasteiger partial charge in [-0.25, -0.2) is 4.98 Å². The summed E-state index contributed by atoms with van der Waals surface area (Å²) in [7, 11) is 1.60. The molecule has 0 spiro atoms. The van der Waals surface area contributed by atoms with E-state index in [1.165, 1.54) is 0 Å². The number of aromatic hydroxyl groups is 1. The number of benzene rings is 2. The third-order valence-corrected chi connectivity index (χ3v) is 4.06. The average Bonchev–Trinajstić information content (AvgIpc) is 3.11. The number of amides is 1. The molecule has 0 saturated carbocycles. The van der Waals surface area contributed by atoms with Crippen molar-refractivity contribution < 1.29 is 14.6 Å². The molecule has 1 amide bonds. The number of phenolic OH excluding ortho intramolecular Hbond substituents is 1. The maximum absolute atomic E-state index is 12.2. The molecule has 0 radical (unpaired) electrons. The van der Waals surface area contributed by atoms with E-state index in [0.717, 1.165) is 22.6 Å². The summed E-state index contributed by atoms with van der Waals surface area (Å²) in [6.07, 6.45) is 3.57. The second-order valence-corrected chi connectivity index (χ2v) is 5.92. The molecular formula is C20H21N3O3. The first-order valence-corrected chi connectivity index (χ1v) is 8.31. The van der Waals surface area contributed by atoms with Crippen molar-refractivity contribution in [2.75, 3.05) is 20.3 Å². The van der Waals surface area contributed by atoms with E-state index < -0.39 is 0 Å². The van der Waals surface area contributed by atoms with Gasteiger partial charge in [-0.1, -0.05) is 12.1 Å². The minimum atomic E-state index is -0.129. The van der Waals surface area contributed by atoms with Crippen LogP contribution in [-0.2, 0) is 4.74 Å². The Balaban J connectivity index is 1.90. The number of ether oxygens (including phenoxy) is 1. The van der Waals surface area contributed by atoms with Gasteiger partial charge in [-0.05, 0) is 42.8 Å². The van der Waals surface area contributed by atoms with Crippen LogP contribution in [0.5, 0.6) is 5.75 Å². The fourth-order valence-corrected chi connectivity index (χ4v) is 2.79.